The van der Waals surface area contributed by atoms with Crippen LogP contribution >= 0.6 is 0 Å². The highest BCUT2D eigenvalue weighted by Crippen LogP contribution is 2.42. The molecule has 0 N–H and O–H groups in total. The molecule has 0 saturated carbocycles. The molecule has 0 saturated heterocycles. The molecule has 1 aliphatic rings. The minimum atomic E-state index is -0.846. The van der Waals surface area contributed by atoms with Crippen LogP contribution in [-0.4, -0.2) is 10.8 Å². The lowest BCUT2D eigenvalue weighted by Gasteiger charge is -2.25. The maximum Gasteiger partial charge on any atom is 0.295 e. The maximum atomic E-state index is 13.6. The number of nitrogens with zero attached hydrogens (tertiary/aromatic N) is 2. The molecule has 3 aromatic carbocycles. The molecule has 164 valence electrons. The molecule has 1 aromatic heterocycles. The topological polar surface area (TPSA) is 93.7 Å². The van der Waals surface area contributed by atoms with E-state index in [1.54, 1.807) is 24.3 Å². The van der Waals surface area contributed by atoms with Crippen LogP contribution in [0.3, 0.4) is 0 Å². The zero-order valence-corrected chi connectivity index (χ0v) is 18.1. The summed E-state index contributed by atoms with van der Waals surface area (Å²) in [6.45, 7) is 3.91. The van der Waals surface area contributed by atoms with Crippen molar-refractivity contribution >= 4 is 28.3 Å². The number of rotatable bonds is 4. The number of amides is 1. The van der Waals surface area contributed by atoms with E-state index in [0.717, 1.165) is 17.5 Å². The van der Waals surface area contributed by atoms with Gasteiger partial charge in [-0.3, -0.25) is 24.6 Å². The van der Waals surface area contributed by atoms with E-state index in [2.05, 4.69) is 0 Å². The average Bonchev–Trinajstić information content (AvgIpc) is 3.12. The molecule has 5 rings (SSSR count). The van der Waals surface area contributed by atoms with Crippen LogP contribution in [0.25, 0.3) is 11.0 Å². The molecule has 0 fully saturated rings. The van der Waals surface area contributed by atoms with Crippen molar-refractivity contribution in [3.63, 3.8) is 0 Å². The molecule has 0 bridgehead atoms. The first-order valence-corrected chi connectivity index (χ1v) is 10.6. The van der Waals surface area contributed by atoms with E-state index in [0.29, 0.717) is 22.2 Å². The highest BCUT2D eigenvalue weighted by molar-refractivity contribution is 6.10. The van der Waals surface area contributed by atoms with Crippen molar-refractivity contribution in [2.75, 3.05) is 4.90 Å². The van der Waals surface area contributed by atoms with Crippen LogP contribution in [0.5, 0.6) is 0 Å². The Labute approximate surface area is 189 Å². The van der Waals surface area contributed by atoms with E-state index in [1.807, 2.05) is 44.2 Å². The molecule has 0 aliphatic carbocycles. The second-order valence-electron chi connectivity index (χ2n) is 8.12. The minimum absolute atomic E-state index is 0.0348. The van der Waals surface area contributed by atoms with Crippen molar-refractivity contribution in [2.45, 2.75) is 26.3 Å². The Morgan fingerprint density at radius 1 is 1.03 bits per heavy atom. The molecule has 33 heavy (non-hydrogen) atoms. The van der Waals surface area contributed by atoms with Crippen LogP contribution in [-0.2, 0) is 6.42 Å². The van der Waals surface area contributed by atoms with Gasteiger partial charge in [0.05, 0.1) is 21.9 Å². The predicted molar refractivity (Wildman–Crippen MR) is 125 cm³/mol. The van der Waals surface area contributed by atoms with Crippen molar-refractivity contribution in [1.29, 1.82) is 0 Å². The summed E-state index contributed by atoms with van der Waals surface area (Å²) < 4.78 is 5.95. The second kappa shape index (κ2) is 7.70. The minimum Gasteiger partial charge on any atom is -0.450 e. The maximum absolute atomic E-state index is 13.6. The normalized spacial score (nSPS) is 15.2. The Hall–Kier alpha value is -4.26. The van der Waals surface area contributed by atoms with E-state index in [-0.39, 0.29) is 22.4 Å². The first-order valence-electron chi connectivity index (χ1n) is 10.6. The summed E-state index contributed by atoms with van der Waals surface area (Å²) in [5.41, 5.74) is 3.14. The third-order valence-electron chi connectivity index (χ3n) is 6.05. The van der Waals surface area contributed by atoms with E-state index in [9.17, 15) is 19.7 Å². The summed E-state index contributed by atoms with van der Waals surface area (Å²) >= 11 is 0. The lowest BCUT2D eigenvalue weighted by Crippen LogP contribution is -2.29. The molecular formula is C26H20N2O5. The van der Waals surface area contributed by atoms with Gasteiger partial charge in [0.1, 0.15) is 5.58 Å². The fraction of sp³-hybridized carbons (Fsp3) is 0.154. The van der Waals surface area contributed by atoms with E-state index >= 15 is 0 Å². The van der Waals surface area contributed by atoms with Gasteiger partial charge < -0.3 is 4.42 Å². The van der Waals surface area contributed by atoms with Gasteiger partial charge in [-0.1, -0.05) is 42.8 Å². The molecule has 4 aromatic rings. The molecular weight excluding hydrogens is 420 g/mol. The summed E-state index contributed by atoms with van der Waals surface area (Å²) in [6.07, 6.45) is 0.841. The number of hydrogen-bond acceptors (Lipinski definition) is 5. The van der Waals surface area contributed by atoms with Crippen molar-refractivity contribution < 1.29 is 14.1 Å². The molecule has 1 unspecified atom stereocenters. The molecule has 1 atom stereocenters. The molecule has 0 radical (unpaired) electrons. The number of non-ortho nitro benzene ring substituents is 1. The number of fused-ring (bicyclic) bond motifs is 2. The number of nitro groups is 1. The monoisotopic (exact) mass is 440 g/mol. The number of carbonyl (C=O) groups excluding carboxylic acids is 1. The fourth-order valence-corrected chi connectivity index (χ4v) is 4.37. The lowest BCUT2D eigenvalue weighted by atomic mass is 9.97. The van der Waals surface area contributed by atoms with Gasteiger partial charge in [0.25, 0.3) is 11.6 Å². The quantitative estimate of drug-likeness (QED) is 0.316. The SMILES string of the molecule is CCc1ccc(N2C(=O)c3oc4ccc(C)cc4c(=O)c3C2c2cccc([N+](=O)[O-])c2)cc1. The standard InChI is InChI=1S/C26H20N2O5/c1-3-16-8-10-18(11-9-16)27-23(17-5-4-6-19(14-17)28(31)32)22-24(29)20-13-15(2)7-12-21(20)33-25(22)26(27)30/h4-14,23H,3H2,1-2H3. The van der Waals surface area contributed by atoms with Crippen LogP contribution in [0, 0.1) is 17.0 Å². The van der Waals surface area contributed by atoms with Crippen LogP contribution < -0.4 is 10.3 Å². The number of carbonyl (C=O) groups is 1. The van der Waals surface area contributed by atoms with Gasteiger partial charge in [0.2, 0.25) is 5.76 Å². The summed E-state index contributed by atoms with van der Waals surface area (Å²) in [7, 11) is 0. The third-order valence-corrected chi connectivity index (χ3v) is 6.05. The fourth-order valence-electron chi connectivity index (χ4n) is 4.37. The zero-order chi connectivity index (χ0) is 23.3. The van der Waals surface area contributed by atoms with Crippen LogP contribution in [0.4, 0.5) is 11.4 Å². The van der Waals surface area contributed by atoms with Crippen molar-refractivity contribution in [1.82, 2.24) is 0 Å². The number of aryl methyl sites for hydroxylation is 2. The average molecular weight is 440 g/mol. The number of anilines is 1. The Balaban J connectivity index is 1.80. The van der Waals surface area contributed by atoms with Crippen molar-refractivity contribution in [3.8, 4) is 0 Å². The molecule has 7 heteroatoms. The van der Waals surface area contributed by atoms with Gasteiger partial charge in [-0.25, -0.2) is 0 Å². The van der Waals surface area contributed by atoms with E-state index in [1.165, 1.54) is 17.0 Å². The molecule has 0 spiro atoms. The molecule has 7 nitrogen and oxygen atoms in total. The van der Waals surface area contributed by atoms with Gasteiger partial charge in [-0.05, 0) is 48.7 Å². The second-order valence-corrected chi connectivity index (χ2v) is 8.12. The van der Waals surface area contributed by atoms with E-state index in [4.69, 9.17) is 4.42 Å². The summed E-state index contributed by atoms with van der Waals surface area (Å²) in [4.78, 5) is 39.6. The highest BCUT2D eigenvalue weighted by Gasteiger charge is 2.44. The van der Waals surface area contributed by atoms with Gasteiger partial charge in [-0.2, -0.15) is 0 Å². The highest BCUT2D eigenvalue weighted by atomic mass is 16.6. The number of benzene rings is 3. The first-order chi connectivity index (χ1) is 15.9. The Morgan fingerprint density at radius 2 is 1.79 bits per heavy atom. The zero-order valence-electron chi connectivity index (χ0n) is 18.1. The van der Waals surface area contributed by atoms with Gasteiger partial charge in [-0.15, -0.1) is 0 Å². The lowest BCUT2D eigenvalue weighted by molar-refractivity contribution is -0.384. The molecule has 2 heterocycles. The Bertz CT molecular complexity index is 1490. The largest absolute Gasteiger partial charge is 0.450 e. The first kappa shape index (κ1) is 20.6. The third kappa shape index (κ3) is 3.29. The summed E-state index contributed by atoms with van der Waals surface area (Å²) in [5, 5.41) is 11.8. The van der Waals surface area contributed by atoms with Gasteiger partial charge in [0, 0.05) is 17.8 Å². The number of nitro benzene ring substituents is 1. The van der Waals surface area contributed by atoms with Crippen molar-refractivity contribution in [3.05, 3.63) is 115 Å². The van der Waals surface area contributed by atoms with Gasteiger partial charge >= 0.3 is 0 Å². The number of hydrogen-bond donors (Lipinski definition) is 0. The summed E-state index contributed by atoms with van der Waals surface area (Å²) in [5.74, 6) is -0.488. The van der Waals surface area contributed by atoms with Crippen LogP contribution in [0.15, 0.2) is 75.9 Å². The Kier molecular flexibility index (Phi) is 4.82. The predicted octanol–water partition coefficient (Wildman–Crippen LogP) is 5.32. The Morgan fingerprint density at radius 3 is 2.48 bits per heavy atom. The van der Waals surface area contributed by atoms with E-state index < -0.39 is 16.9 Å². The van der Waals surface area contributed by atoms with Gasteiger partial charge in [0.15, 0.2) is 5.43 Å². The van der Waals surface area contributed by atoms with Crippen molar-refractivity contribution in [2.24, 2.45) is 0 Å². The molecule has 1 aliphatic heterocycles. The van der Waals surface area contributed by atoms with Crippen LogP contribution in [0.2, 0.25) is 0 Å². The summed E-state index contributed by atoms with van der Waals surface area (Å²) in [6, 6.07) is 17.9. The molecule has 1 amide bonds. The smallest absolute Gasteiger partial charge is 0.295 e. The van der Waals surface area contributed by atoms with Crippen LogP contribution in [0.1, 0.15) is 45.8 Å².